The van der Waals surface area contributed by atoms with Gasteiger partial charge in [-0.3, -0.25) is 4.90 Å². The SMILES string of the molecule is Cc1ccc(CN(Cc2ccccc2)C[C@@H](O)COC(C)C)o1. The smallest absolute Gasteiger partial charge is 0.118 e. The van der Waals surface area contributed by atoms with E-state index in [9.17, 15) is 5.11 Å². The van der Waals surface area contributed by atoms with Crippen LogP contribution in [0.2, 0.25) is 0 Å². The van der Waals surface area contributed by atoms with E-state index in [1.54, 1.807) is 0 Å². The van der Waals surface area contributed by atoms with Crippen molar-refractivity contribution in [3.8, 4) is 0 Å². The molecule has 23 heavy (non-hydrogen) atoms. The van der Waals surface area contributed by atoms with Gasteiger partial charge in [-0.1, -0.05) is 30.3 Å². The number of aliphatic hydroxyl groups excluding tert-OH is 1. The molecular weight excluding hydrogens is 290 g/mol. The molecule has 1 heterocycles. The van der Waals surface area contributed by atoms with Gasteiger partial charge in [0.15, 0.2) is 0 Å². The van der Waals surface area contributed by atoms with Gasteiger partial charge in [-0.15, -0.1) is 0 Å². The Morgan fingerprint density at radius 2 is 1.83 bits per heavy atom. The molecule has 2 rings (SSSR count). The lowest BCUT2D eigenvalue weighted by atomic mass is 10.2. The molecule has 4 heteroatoms. The Hall–Kier alpha value is -1.62. The van der Waals surface area contributed by atoms with E-state index in [0.29, 0.717) is 19.7 Å². The van der Waals surface area contributed by atoms with Gasteiger partial charge in [0.05, 0.1) is 25.4 Å². The first-order valence-corrected chi connectivity index (χ1v) is 8.14. The van der Waals surface area contributed by atoms with E-state index in [-0.39, 0.29) is 6.10 Å². The van der Waals surface area contributed by atoms with Crippen molar-refractivity contribution in [2.45, 2.75) is 46.1 Å². The lowest BCUT2D eigenvalue weighted by Crippen LogP contribution is -2.34. The zero-order valence-electron chi connectivity index (χ0n) is 14.2. The highest BCUT2D eigenvalue weighted by Crippen LogP contribution is 2.13. The third-order valence-corrected chi connectivity index (χ3v) is 3.52. The van der Waals surface area contributed by atoms with Crippen LogP contribution in [0.1, 0.15) is 30.9 Å². The molecule has 126 valence electrons. The Morgan fingerprint density at radius 1 is 1.09 bits per heavy atom. The van der Waals surface area contributed by atoms with E-state index in [2.05, 4.69) is 17.0 Å². The van der Waals surface area contributed by atoms with Crippen molar-refractivity contribution in [1.82, 2.24) is 4.90 Å². The van der Waals surface area contributed by atoms with Crippen LogP contribution in [0.3, 0.4) is 0 Å². The Morgan fingerprint density at radius 3 is 2.43 bits per heavy atom. The molecule has 0 bridgehead atoms. The molecule has 0 saturated heterocycles. The monoisotopic (exact) mass is 317 g/mol. The average Bonchev–Trinajstić information content (AvgIpc) is 2.91. The van der Waals surface area contributed by atoms with Gasteiger partial charge in [-0.25, -0.2) is 0 Å². The normalized spacial score (nSPS) is 13.0. The number of ether oxygens (including phenoxy) is 1. The Kier molecular flexibility index (Phi) is 6.84. The van der Waals surface area contributed by atoms with Crippen molar-refractivity contribution >= 4 is 0 Å². The molecule has 1 N–H and O–H groups in total. The van der Waals surface area contributed by atoms with E-state index in [1.807, 2.05) is 51.1 Å². The number of aryl methyl sites for hydroxylation is 1. The second-order valence-corrected chi connectivity index (χ2v) is 6.20. The maximum Gasteiger partial charge on any atom is 0.118 e. The topological polar surface area (TPSA) is 45.8 Å². The van der Waals surface area contributed by atoms with Crippen LogP contribution in [0.4, 0.5) is 0 Å². The van der Waals surface area contributed by atoms with Gasteiger partial charge in [0.2, 0.25) is 0 Å². The molecule has 1 atom stereocenters. The summed E-state index contributed by atoms with van der Waals surface area (Å²) in [6.45, 7) is 8.21. The third-order valence-electron chi connectivity index (χ3n) is 3.52. The largest absolute Gasteiger partial charge is 0.465 e. The van der Waals surface area contributed by atoms with Crippen molar-refractivity contribution in [2.24, 2.45) is 0 Å². The summed E-state index contributed by atoms with van der Waals surface area (Å²) in [4.78, 5) is 2.18. The molecule has 0 saturated carbocycles. The van der Waals surface area contributed by atoms with Crippen molar-refractivity contribution in [1.29, 1.82) is 0 Å². The number of furan rings is 1. The molecule has 0 aliphatic carbocycles. The summed E-state index contributed by atoms with van der Waals surface area (Å²) in [5.74, 6) is 1.82. The molecule has 4 nitrogen and oxygen atoms in total. The van der Waals surface area contributed by atoms with Crippen LogP contribution >= 0.6 is 0 Å². The fraction of sp³-hybridized carbons (Fsp3) is 0.474. The molecule has 0 radical (unpaired) electrons. The summed E-state index contributed by atoms with van der Waals surface area (Å²) in [6, 6.07) is 14.2. The van der Waals surface area contributed by atoms with Crippen molar-refractivity contribution in [3.63, 3.8) is 0 Å². The van der Waals surface area contributed by atoms with Gasteiger partial charge in [0, 0.05) is 13.1 Å². The number of hydrogen-bond donors (Lipinski definition) is 1. The molecule has 1 aromatic heterocycles. The Bertz CT molecular complexity index is 565. The van der Waals surface area contributed by atoms with Gasteiger partial charge in [-0.05, 0) is 38.5 Å². The summed E-state index contributed by atoms with van der Waals surface area (Å²) >= 11 is 0. The second kappa shape index (κ2) is 8.87. The Balaban J connectivity index is 1.98. The summed E-state index contributed by atoms with van der Waals surface area (Å²) in [5.41, 5.74) is 1.22. The van der Waals surface area contributed by atoms with Gasteiger partial charge < -0.3 is 14.3 Å². The summed E-state index contributed by atoms with van der Waals surface area (Å²) < 4.78 is 11.2. The van der Waals surface area contributed by atoms with Gasteiger partial charge in [0.25, 0.3) is 0 Å². The molecule has 0 aliphatic heterocycles. The number of nitrogens with zero attached hydrogens (tertiary/aromatic N) is 1. The number of benzene rings is 1. The predicted octanol–water partition coefficient (Wildman–Crippen LogP) is 3.38. The molecule has 2 aromatic rings. The minimum Gasteiger partial charge on any atom is -0.465 e. The molecule has 0 fully saturated rings. The minimum absolute atomic E-state index is 0.125. The van der Waals surface area contributed by atoms with Crippen LogP contribution in [-0.2, 0) is 17.8 Å². The van der Waals surface area contributed by atoms with Crippen LogP contribution in [-0.4, -0.2) is 35.4 Å². The summed E-state index contributed by atoms with van der Waals surface area (Å²) in [6.07, 6.45) is -0.392. The molecule has 0 unspecified atom stereocenters. The van der Waals surface area contributed by atoms with Crippen LogP contribution in [0.5, 0.6) is 0 Å². The predicted molar refractivity (Wildman–Crippen MR) is 91.1 cm³/mol. The molecule has 0 aliphatic rings. The van der Waals surface area contributed by atoms with Crippen molar-refractivity contribution < 1.29 is 14.3 Å². The third kappa shape index (κ3) is 6.57. The molecule has 0 amide bonds. The Labute approximate surface area is 138 Å². The lowest BCUT2D eigenvalue weighted by Gasteiger charge is -2.24. The molecule has 0 spiro atoms. The molecule has 1 aromatic carbocycles. The van der Waals surface area contributed by atoms with Gasteiger partial charge in [-0.2, -0.15) is 0 Å². The highest BCUT2D eigenvalue weighted by Gasteiger charge is 2.15. The van der Waals surface area contributed by atoms with Gasteiger partial charge >= 0.3 is 0 Å². The van der Waals surface area contributed by atoms with E-state index >= 15 is 0 Å². The van der Waals surface area contributed by atoms with Crippen LogP contribution in [0, 0.1) is 6.92 Å². The number of hydrogen-bond acceptors (Lipinski definition) is 4. The average molecular weight is 317 g/mol. The maximum atomic E-state index is 10.2. The quantitative estimate of drug-likeness (QED) is 0.770. The summed E-state index contributed by atoms with van der Waals surface area (Å²) in [5, 5.41) is 10.2. The van der Waals surface area contributed by atoms with Crippen LogP contribution in [0.25, 0.3) is 0 Å². The highest BCUT2D eigenvalue weighted by molar-refractivity contribution is 5.15. The van der Waals surface area contributed by atoms with Crippen molar-refractivity contribution in [2.75, 3.05) is 13.2 Å². The minimum atomic E-state index is -0.517. The van der Waals surface area contributed by atoms with Crippen LogP contribution in [0.15, 0.2) is 46.9 Å². The standard InChI is InChI=1S/C19H27NO3/c1-15(2)22-14-18(21)12-20(11-17-7-5-4-6-8-17)13-19-10-9-16(3)23-19/h4-10,15,18,21H,11-14H2,1-3H3/t18-/m1/s1. The first kappa shape index (κ1) is 17.7. The number of rotatable bonds is 9. The van der Waals surface area contributed by atoms with Gasteiger partial charge in [0.1, 0.15) is 11.5 Å². The lowest BCUT2D eigenvalue weighted by molar-refractivity contribution is -0.0114. The first-order chi connectivity index (χ1) is 11.0. The van der Waals surface area contributed by atoms with E-state index < -0.39 is 6.10 Å². The highest BCUT2D eigenvalue weighted by atomic mass is 16.5. The van der Waals surface area contributed by atoms with E-state index in [4.69, 9.17) is 9.15 Å². The zero-order chi connectivity index (χ0) is 16.7. The fourth-order valence-electron chi connectivity index (χ4n) is 2.47. The van der Waals surface area contributed by atoms with Crippen LogP contribution < -0.4 is 0 Å². The fourth-order valence-corrected chi connectivity index (χ4v) is 2.47. The van der Waals surface area contributed by atoms with E-state index in [1.165, 1.54) is 5.56 Å². The van der Waals surface area contributed by atoms with Crippen molar-refractivity contribution in [3.05, 3.63) is 59.5 Å². The first-order valence-electron chi connectivity index (χ1n) is 8.14. The van der Waals surface area contributed by atoms with E-state index in [0.717, 1.165) is 18.1 Å². The second-order valence-electron chi connectivity index (χ2n) is 6.20. The number of aliphatic hydroxyl groups is 1. The summed E-state index contributed by atoms with van der Waals surface area (Å²) in [7, 11) is 0. The zero-order valence-corrected chi connectivity index (χ0v) is 14.2. The maximum absolute atomic E-state index is 10.2. The molecular formula is C19H27NO3.